The highest BCUT2D eigenvalue weighted by Crippen LogP contribution is 2.28. The topological polar surface area (TPSA) is 96.2 Å². The van der Waals surface area contributed by atoms with Crippen LogP contribution < -0.4 is 16.2 Å². The van der Waals surface area contributed by atoms with Crippen molar-refractivity contribution in [2.45, 2.75) is 13.5 Å². The number of primary amides is 1. The van der Waals surface area contributed by atoms with Crippen LogP contribution in [0.5, 0.6) is 5.75 Å². The van der Waals surface area contributed by atoms with E-state index in [1.807, 2.05) is 0 Å². The summed E-state index contributed by atoms with van der Waals surface area (Å²) in [6, 6.07) is 4.84. The van der Waals surface area contributed by atoms with Gasteiger partial charge in [0.05, 0.1) is 27.7 Å². The molecule has 7 heteroatoms. The number of ether oxygens (including phenoxy) is 1. The molecule has 2 rings (SSSR count). The Hall–Kier alpha value is -2.21. The maximum atomic E-state index is 11.4. The van der Waals surface area contributed by atoms with Crippen molar-refractivity contribution in [1.29, 1.82) is 0 Å². The number of para-hydroxylation sites is 1. The first-order valence-corrected chi connectivity index (χ1v) is 6.28. The molecule has 0 atom stereocenters. The Morgan fingerprint density at radius 1 is 1.50 bits per heavy atom. The van der Waals surface area contributed by atoms with Crippen LogP contribution in [0.3, 0.4) is 0 Å². The molecule has 1 aromatic heterocycles. The van der Waals surface area contributed by atoms with Gasteiger partial charge in [-0.15, -0.1) is 0 Å². The van der Waals surface area contributed by atoms with Crippen LogP contribution in [0, 0.1) is 6.92 Å². The van der Waals surface area contributed by atoms with Crippen LogP contribution in [0.4, 0.5) is 5.69 Å². The molecule has 0 radical (unpaired) electrons. The highest BCUT2D eigenvalue weighted by Gasteiger charge is 2.16. The van der Waals surface area contributed by atoms with E-state index in [0.717, 1.165) is 0 Å². The molecule has 0 saturated heterocycles. The fourth-order valence-electron chi connectivity index (χ4n) is 1.89. The molecule has 1 amide bonds. The number of halogens is 1. The molecule has 0 spiro atoms. The molecule has 20 heavy (non-hydrogen) atoms. The van der Waals surface area contributed by atoms with Crippen LogP contribution in [-0.4, -0.2) is 15.7 Å². The lowest BCUT2D eigenvalue weighted by Gasteiger charge is -2.12. The smallest absolute Gasteiger partial charge is 0.252 e. The van der Waals surface area contributed by atoms with Gasteiger partial charge in [0.1, 0.15) is 6.61 Å². The summed E-state index contributed by atoms with van der Waals surface area (Å²) in [4.78, 5) is 11.4. The van der Waals surface area contributed by atoms with E-state index in [0.29, 0.717) is 22.1 Å². The van der Waals surface area contributed by atoms with Crippen molar-refractivity contribution in [3.8, 4) is 5.75 Å². The molecular formula is C13H15ClN4O2. The highest BCUT2D eigenvalue weighted by molar-refractivity contribution is 6.31. The second-order valence-corrected chi connectivity index (χ2v) is 4.72. The zero-order valence-corrected chi connectivity index (χ0v) is 11.9. The van der Waals surface area contributed by atoms with E-state index < -0.39 is 5.91 Å². The number of aromatic nitrogens is 2. The van der Waals surface area contributed by atoms with Crippen LogP contribution in [0.2, 0.25) is 5.02 Å². The summed E-state index contributed by atoms with van der Waals surface area (Å²) in [7, 11) is 1.76. The molecule has 4 N–H and O–H groups in total. The van der Waals surface area contributed by atoms with Crippen molar-refractivity contribution >= 4 is 23.2 Å². The number of anilines is 1. The Morgan fingerprint density at radius 2 is 2.20 bits per heavy atom. The van der Waals surface area contributed by atoms with E-state index in [4.69, 9.17) is 27.8 Å². The lowest BCUT2D eigenvalue weighted by molar-refractivity contribution is 0.0996. The van der Waals surface area contributed by atoms with E-state index in [1.165, 1.54) is 0 Å². The third-order valence-electron chi connectivity index (χ3n) is 2.93. The van der Waals surface area contributed by atoms with Gasteiger partial charge in [-0.25, -0.2) is 0 Å². The molecule has 0 saturated carbocycles. The molecule has 1 aromatic carbocycles. The first-order valence-electron chi connectivity index (χ1n) is 5.91. The summed E-state index contributed by atoms with van der Waals surface area (Å²) in [5.74, 6) is -0.338. The molecule has 0 aliphatic rings. The van der Waals surface area contributed by atoms with Gasteiger partial charge >= 0.3 is 0 Å². The van der Waals surface area contributed by atoms with Crippen molar-refractivity contribution in [3.05, 3.63) is 40.2 Å². The van der Waals surface area contributed by atoms with Gasteiger partial charge in [0.15, 0.2) is 5.75 Å². The maximum absolute atomic E-state index is 11.4. The first-order chi connectivity index (χ1) is 9.41. The fourth-order valence-corrected chi connectivity index (χ4v) is 2.10. The number of carbonyl (C=O) groups is 1. The molecule has 0 aliphatic heterocycles. The number of aryl methyl sites for hydroxylation is 2. The molecule has 1 heterocycles. The average Bonchev–Trinajstić information content (AvgIpc) is 2.62. The monoisotopic (exact) mass is 294 g/mol. The van der Waals surface area contributed by atoms with Gasteiger partial charge in [0.25, 0.3) is 5.91 Å². The van der Waals surface area contributed by atoms with Crippen molar-refractivity contribution in [1.82, 2.24) is 9.78 Å². The molecule has 0 unspecified atom stereocenters. The van der Waals surface area contributed by atoms with E-state index >= 15 is 0 Å². The van der Waals surface area contributed by atoms with Gasteiger partial charge in [0.2, 0.25) is 0 Å². The van der Waals surface area contributed by atoms with Crippen LogP contribution in [0.1, 0.15) is 21.7 Å². The third-order valence-corrected chi connectivity index (χ3v) is 3.42. The van der Waals surface area contributed by atoms with Crippen molar-refractivity contribution in [2.75, 3.05) is 5.73 Å². The van der Waals surface area contributed by atoms with Gasteiger partial charge in [-0.3, -0.25) is 9.48 Å². The van der Waals surface area contributed by atoms with Gasteiger partial charge < -0.3 is 16.2 Å². The molecular weight excluding hydrogens is 280 g/mol. The lowest BCUT2D eigenvalue weighted by Crippen LogP contribution is -2.14. The zero-order chi connectivity index (χ0) is 14.9. The summed E-state index contributed by atoms with van der Waals surface area (Å²) in [5, 5.41) is 4.71. The minimum Gasteiger partial charge on any atom is -0.484 e. The van der Waals surface area contributed by atoms with E-state index in [-0.39, 0.29) is 17.9 Å². The maximum Gasteiger partial charge on any atom is 0.252 e. The Bertz CT molecular complexity index is 667. The predicted octanol–water partition coefficient (Wildman–Crippen LogP) is 1.64. The number of nitrogen functional groups attached to an aromatic ring is 1. The number of nitrogens with zero attached hydrogens (tertiary/aromatic N) is 2. The quantitative estimate of drug-likeness (QED) is 0.838. The van der Waals surface area contributed by atoms with E-state index in [9.17, 15) is 4.79 Å². The van der Waals surface area contributed by atoms with Crippen LogP contribution in [0.15, 0.2) is 18.2 Å². The molecule has 6 nitrogen and oxygen atoms in total. The normalized spacial score (nSPS) is 10.6. The minimum atomic E-state index is -0.598. The summed E-state index contributed by atoms with van der Waals surface area (Å²) in [6.45, 7) is 1.95. The number of amides is 1. The van der Waals surface area contributed by atoms with Crippen LogP contribution in [-0.2, 0) is 13.7 Å². The minimum absolute atomic E-state index is 0.144. The van der Waals surface area contributed by atoms with Crippen molar-refractivity contribution in [2.24, 2.45) is 12.8 Å². The summed E-state index contributed by atoms with van der Waals surface area (Å²) < 4.78 is 7.24. The SMILES string of the molecule is Cc1nn(C)c(COc2c(N)cccc2C(N)=O)c1Cl. The Labute approximate surface area is 121 Å². The average molecular weight is 295 g/mol. The largest absolute Gasteiger partial charge is 0.484 e. The number of hydrogen-bond donors (Lipinski definition) is 2. The second kappa shape index (κ2) is 5.42. The molecule has 0 fully saturated rings. The zero-order valence-electron chi connectivity index (χ0n) is 11.2. The van der Waals surface area contributed by atoms with Crippen LogP contribution in [0.25, 0.3) is 0 Å². The van der Waals surface area contributed by atoms with Crippen molar-refractivity contribution < 1.29 is 9.53 Å². The molecule has 2 aromatic rings. The number of hydrogen-bond acceptors (Lipinski definition) is 4. The number of benzene rings is 1. The Balaban J connectivity index is 2.30. The standard InChI is InChI=1S/C13H15ClN4O2/c1-7-11(14)10(18(2)17-7)6-20-12-8(13(16)19)4-3-5-9(12)15/h3-5H,6,15H2,1-2H3,(H2,16,19). The Morgan fingerprint density at radius 3 is 2.75 bits per heavy atom. The fraction of sp³-hybridized carbons (Fsp3) is 0.231. The van der Waals surface area contributed by atoms with Crippen LogP contribution >= 0.6 is 11.6 Å². The number of carbonyl (C=O) groups excluding carboxylic acids is 1. The summed E-state index contributed by atoms with van der Waals surface area (Å²) in [5.41, 5.74) is 13.1. The van der Waals surface area contributed by atoms with Gasteiger partial charge in [-0.2, -0.15) is 5.10 Å². The number of rotatable bonds is 4. The second-order valence-electron chi connectivity index (χ2n) is 4.35. The molecule has 0 bridgehead atoms. The molecule has 106 valence electrons. The molecule has 0 aliphatic carbocycles. The third kappa shape index (κ3) is 2.55. The highest BCUT2D eigenvalue weighted by atomic mass is 35.5. The van der Waals surface area contributed by atoms with Gasteiger partial charge in [-0.05, 0) is 19.1 Å². The summed E-state index contributed by atoms with van der Waals surface area (Å²) >= 11 is 6.14. The van der Waals surface area contributed by atoms with E-state index in [1.54, 1.807) is 36.9 Å². The Kier molecular flexibility index (Phi) is 3.85. The predicted molar refractivity (Wildman–Crippen MR) is 76.7 cm³/mol. The first kappa shape index (κ1) is 14.2. The van der Waals surface area contributed by atoms with Gasteiger partial charge in [0, 0.05) is 7.05 Å². The van der Waals surface area contributed by atoms with Gasteiger partial charge in [-0.1, -0.05) is 17.7 Å². The number of nitrogens with two attached hydrogens (primary N) is 2. The van der Waals surface area contributed by atoms with E-state index in [2.05, 4.69) is 5.10 Å². The summed E-state index contributed by atoms with van der Waals surface area (Å²) in [6.07, 6.45) is 0. The lowest BCUT2D eigenvalue weighted by atomic mass is 10.1. The van der Waals surface area contributed by atoms with Crippen molar-refractivity contribution in [3.63, 3.8) is 0 Å².